The van der Waals surface area contributed by atoms with Gasteiger partial charge < -0.3 is 0 Å². The van der Waals surface area contributed by atoms with Gasteiger partial charge in [-0.25, -0.2) is 0 Å². The topological polar surface area (TPSA) is 401 Å². The zero-order chi connectivity index (χ0) is 22.5. The monoisotopic (exact) mass is 1000 g/mol. The second kappa shape index (κ2) is 28.1. The van der Waals surface area contributed by atoms with E-state index in [0.717, 1.165) is 0 Å². The van der Waals surface area contributed by atoms with Gasteiger partial charge in [0.1, 0.15) is 0 Å². The van der Waals surface area contributed by atoms with Gasteiger partial charge in [-0.05, 0) is 0 Å². The Morgan fingerprint density at radius 1 is 0.345 bits per heavy atom. The third kappa shape index (κ3) is 1100. The maximum absolute atomic E-state index is 8.58. The van der Waals surface area contributed by atoms with Gasteiger partial charge >= 0.3 is 308 Å². The Morgan fingerprint density at radius 3 is 0.345 bits per heavy atom. The van der Waals surface area contributed by atoms with Crippen molar-refractivity contribution in [1.82, 2.24) is 0 Å². The summed E-state index contributed by atoms with van der Waals surface area (Å²) in [4.78, 5) is 0. The fraction of sp³-hybridized carbons (Fsp3) is 0. The van der Waals surface area contributed by atoms with Crippen LogP contribution in [-0.4, -0.2) is 83.2 Å². The maximum atomic E-state index is 8.58. The van der Waals surface area contributed by atoms with Crippen LogP contribution in [0.25, 0.3) is 0 Å². The molecule has 0 amide bonds. The van der Waals surface area contributed by atoms with Crippen LogP contribution in [0.15, 0.2) is 0 Å². The van der Waals surface area contributed by atoms with Gasteiger partial charge in [0.25, 0.3) is 0 Å². The smallest absolute Gasteiger partial charge is 2.00 e. The Labute approximate surface area is 300 Å². The Balaban J connectivity index is -0.0000000238. The van der Waals surface area contributed by atoms with Crippen LogP contribution in [0.5, 0.6) is 0 Å². The first kappa shape index (κ1) is 59.5. The summed E-state index contributed by atoms with van der Waals surface area (Å²) in [6.07, 6.45) is 0. The van der Waals surface area contributed by atoms with Crippen molar-refractivity contribution in [1.29, 1.82) is 0 Å². The molecule has 0 saturated heterocycles. The van der Waals surface area contributed by atoms with Gasteiger partial charge in [0.2, 0.25) is 0 Å². The molecule has 0 aromatic carbocycles. The van der Waals surface area contributed by atoms with Crippen molar-refractivity contribution >= 4 is 83.2 Å². The van der Waals surface area contributed by atoms with Crippen LogP contribution in [0.2, 0.25) is 0 Å². The summed E-state index contributed by atoms with van der Waals surface area (Å²) in [6, 6.07) is 0. The molecule has 0 aromatic rings. The summed E-state index contributed by atoms with van der Waals surface area (Å²) < 4.78 is 172. The van der Waals surface area contributed by atoms with Crippen molar-refractivity contribution in [3.8, 4) is 0 Å². The van der Waals surface area contributed by atoms with Crippen LogP contribution in [0.4, 0.5) is 0 Å². The molecule has 0 heterocycles. The van der Waals surface area contributed by atoms with Crippen LogP contribution in [0.1, 0.15) is 0 Å². The summed E-state index contributed by atoms with van der Waals surface area (Å²) in [6.45, 7) is 0. The van der Waals surface area contributed by atoms with Crippen LogP contribution < -0.4 is 41.9 Å². The van der Waals surface area contributed by atoms with Crippen molar-refractivity contribution in [3.05, 3.63) is 0 Å². The molecule has 0 atom stereocenters. The Bertz CT molecular complexity index is 633. The van der Waals surface area contributed by atoms with E-state index in [1.54, 1.807) is 0 Å². The average molecular weight is 1000 g/mol. The zero-order valence-corrected chi connectivity index (χ0v) is 30.9. The zero-order valence-electron chi connectivity index (χ0n) is 12.5. The minimum atomic E-state index is -5.62. The van der Waals surface area contributed by atoms with Crippen LogP contribution in [-0.2, 0) is 105 Å². The second-order valence-corrected chi connectivity index (χ2v) is 7.79. The molecule has 0 saturated carbocycles. The largest absolute Gasteiger partial charge is 2.00 e. The van der Waals surface area contributed by atoms with E-state index in [1.165, 1.54) is 0 Å². The summed E-state index contributed by atoms with van der Waals surface area (Å²) >= 11 is -28.1. The van der Waals surface area contributed by atoms with Gasteiger partial charge in [-0.2, -0.15) is 0 Å². The Kier molecular flexibility index (Phi) is 57.7. The number of rotatable bonds is 0. The van der Waals surface area contributed by atoms with Crippen molar-refractivity contribution in [2.24, 2.45) is 0 Å². The van der Waals surface area contributed by atoms with E-state index >= 15 is 0 Å². The summed E-state index contributed by atoms with van der Waals surface area (Å²) in [7, 11) is 0. The second-order valence-electron chi connectivity index (χ2n) is 1.89. The predicted molar refractivity (Wildman–Crippen MR) is 18.4 cm³/mol. The molecule has 29 heteroatoms. The van der Waals surface area contributed by atoms with E-state index in [-0.39, 0.29) is 161 Å². The third-order valence-corrected chi connectivity index (χ3v) is 0. The van der Waals surface area contributed by atoms with Crippen LogP contribution in [0.3, 0.4) is 0 Å². The van der Waals surface area contributed by atoms with E-state index in [2.05, 4.69) is 0 Å². The Morgan fingerprint density at radius 2 is 0.345 bits per heavy atom. The van der Waals surface area contributed by atoms with Crippen molar-refractivity contribution in [2.75, 3.05) is 0 Å². The van der Waals surface area contributed by atoms with Crippen molar-refractivity contribution in [3.63, 3.8) is 0 Å². The van der Waals surface area contributed by atoms with Gasteiger partial charge in [0.05, 0.1) is 0 Å². The van der Waals surface area contributed by atoms with E-state index in [1.807, 2.05) is 0 Å². The van der Waals surface area contributed by atoms with E-state index in [9.17, 15) is 0 Å². The number of hydrogen-bond donors (Lipinski definition) is 0. The summed E-state index contributed by atoms with van der Waals surface area (Å²) in [5, 5.41) is 0. The normalized spacial score (nSPS) is 10.0. The molecule has 0 aromatic heterocycles. The molecule has 29 heavy (non-hydrogen) atoms. The van der Waals surface area contributed by atoms with E-state index in [0.29, 0.717) is 0 Å². The molecule has 0 spiro atoms. The van der Waals surface area contributed by atoms with Crippen molar-refractivity contribution < 1.29 is 224 Å². The molecule has 0 aliphatic heterocycles. The quantitative estimate of drug-likeness (QED) is 0.203. The minimum Gasteiger partial charge on any atom is 2.00 e. The molecule has 0 bridgehead atoms. The molecule has 0 unspecified atom stereocenters. The standard InChI is InChI=1S/Ca.Ce.La.5Mn.20O.Sr/q+2;2*+3;;;;;;;;;;;;;;;;10*-1;+2. The third-order valence-electron chi connectivity index (χ3n) is 0. The molecular weight excluding hydrogens is 1000 g/mol. The van der Waals surface area contributed by atoms with Crippen molar-refractivity contribution in [2.45, 2.75) is 0 Å². The van der Waals surface area contributed by atoms with Gasteiger partial charge in [-0.1, -0.05) is 0 Å². The molecule has 0 fully saturated rings. The molecular formula is CaCeLaMn5O20Sr. The summed E-state index contributed by atoms with van der Waals surface area (Å²) in [5.41, 5.74) is 0. The first-order chi connectivity index (χ1) is 10.0. The van der Waals surface area contributed by atoms with Crippen LogP contribution in [0, 0.1) is 77.3 Å². The molecule has 166 valence electrons. The molecule has 1 radical (unpaired) electrons. The van der Waals surface area contributed by atoms with Gasteiger partial charge in [-0.3, -0.25) is 0 Å². The van der Waals surface area contributed by atoms with E-state index < -0.39 is 66.8 Å². The fourth-order valence-electron chi connectivity index (χ4n) is 0. The number of hydrogen-bond acceptors (Lipinski definition) is 20. The Hall–Kier alpha value is 5.51. The first-order valence-electron chi connectivity index (χ1n) is 3.09. The first-order valence-corrected chi connectivity index (χ1v) is 12.7. The molecule has 0 aliphatic carbocycles. The van der Waals surface area contributed by atoms with Gasteiger partial charge in [0, 0.05) is 0 Å². The predicted octanol–water partition coefficient (Wildman–Crippen LogP) is -13.9. The maximum Gasteiger partial charge on any atom is 2.00 e. The molecule has 20 nitrogen and oxygen atoms in total. The SMILES string of the molecule is [Ca+2].[Ce+3].[La+3].[O]=[Mn](=[O])([O-])[O-].[O]=[Mn](=[O])([O-])[O-].[O]=[Mn](=[O])([O-])[O-].[O]=[Mn](=[O])([O-])[O-].[O]=[Mn](=[O])([O-])[O-].[Sr+2]. The van der Waals surface area contributed by atoms with E-state index in [4.69, 9.17) is 80.2 Å². The molecule has 0 aliphatic rings. The summed E-state index contributed by atoms with van der Waals surface area (Å²) in [5.74, 6) is 0. The fourth-order valence-corrected chi connectivity index (χ4v) is 0. The molecule has 0 rings (SSSR count). The van der Waals surface area contributed by atoms with Crippen LogP contribution >= 0.6 is 0 Å². The molecule has 0 N–H and O–H groups in total. The minimum absolute atomic E-state index is 0. The van der Waals surface area contributed by atoms with Gasteiger partial charge in [-0.15, -0.1) is 0 Å². The van der Waals surface area contributed by atoms with Gasteiger partial charge in [0.15, 0.2) is 0 Å². The average Bonchev–Trinajstić information content (AvgIpc) is 1.79.